The van der Waals surface area contributed by atoms with Gasteiger partial charge in [0.05, 0.1) is 35.5 Å². The molecule has 2 heterocycles. The highest BCUT2D eigenvalue weighted by atomic mass is 32.1. The Bertz CT molecular complexity index is 1240. The molecule has 0 bridgehead atoms. The third-order valence-electron chi connectivity index (χ3n) is 4.42. The molecule has 162 valence electrons. The molecule has 0 spiro atoms. The Labute approximate surface area is 185 Å². The predicted octanol–water partition coefficient (Wildman–Crippen LogP) is 4.55. The van der Waals surface area contributed by atoms with E-state index in [9.17, 15) is 14.9 Å². The minimum Gasteiger partial charge on any atom is -0.493 e. The molecule has 4 aromatic rings. The molecule has 0 unspecified atom stereocenters. The average Bonchev–Trinajstić information content (AvgIpc) is 3.51. The highest BCUT2D eigenvalue weighted by Gasteiger charge is 2.25. The van der Waals surface area contributed by atoms with Crippen LogP contribution in [0.1, 0.15) is 16.1 Å². The number of carbonyl (C=O) groups excluding carboxylic acids is 1. The second kappa shape index (κ2) is 9.27. The monoisotopic (exact) mass is 452 g/mol. The molecule has 4 rings (SSSR count). The van der Waals surface area contributed by atoms with Gasteiger partial charge in [-0.15, -0.1) is 11.3 Å². The van der Waals surface area contributed by atoms with Crippen LogP contribution in [0.4, 0.5) is 11.4 Å². The van der Waals surface area contributed by atoms with Crippen molar-refractivity contribution in [1.82, 2.24) is 9.97 Å². The zero-order chi connectivity index (χ0) is 22.5. The van der Waals surface area contributed by atoms with Gasteiger partial charge in [0.15, 0.2) is 23.7 Å². The number of carbonyl (C=O) groups is 1. The van der Waals surface area contributed by atoms with Crippen molar-refractivity contribution in [2.24, 2.45) is 0 Å². The van der Waals surface area contributed by atoms with Crippen LogP contribution < -0.4 is 14.8 Å². The maximum absolute atomic E-state index is 12.9. The Morgan fingerprint density at radius 1 is 1.28 bits per heavy atom. The fourth-order valence-corrected chi connectivity index (χ4v) is 3.47. The number of nitro groups is 1. The minimum atomic E-state index is -0.671. The van der Waals surface area contributed by atoms with E-state index >= 15 is 0 Å². The Hall–Kier alpha value is -4.25. The number of rotatable bonds is 8. The number of ether oxygens (including phenoxy) is 2. The van der Waals surface area contributed by atoms with E-state index in [2.05, 4.69) is 15.3 Å². The molecule has 10 nitrogen and oxygen atoms in total. The second-order valence-electron chi connectivity index (χ2n) is 6.45. The first-order valence-electron chi connectivity index (χ1n) is 9.21. The number of aromatic nitrogens is 2. The molecule has 0 aliphatic rings. The molecular formula is C21H16N4O6S. The summed E-state index contributed by atoms with van der Waals surface area (Å²) >= 11 is 1.41. The molecule has 0 fully saturated rings. The van der Waals surface area contributed by atoms with Gasteiger partial charge in [0, 0.05) is 22.7 Å². The SMILES string of the molecule is COc1cc(C(=O)Nc2cccc(-c3cnco3)c2)c([N+](=O)[O-])cc1OCc1cscn1. The van der Waals surface area contributed by atoms with Gasteiger partial charge in [-0.25, -0.2) is 9.97 Å². The van der Waals surface area contributed by atoms with E-state index in [1.807, 2.05) is 0 Å². The lowest BCUT2D eigenvalue weighted by molar-refractivity contribution is -0.385. The maximum atomic E-state index is 12.9. The van der Waals surface area contributed by atoms with Gasteiger partial charge in [-0.05, 0) is 12.1 Å². The number of benzene rings is 2. The van der Waals surface area contributed by atoms with Gasteiger partial charge >= 0.3 is 0 Å². The molecule has 32 heavy (non-hydrogen) atoms. The van der Waals surface area contributed by atoms with Gasteiger partial charge in [0.2, 0.25) is 0 Å². The van der Waals surface area contributed by atoms with Gasteiger partial charge in [-0.3, -0.25) is 14.9 Å². The number of anilines is 1. The van der Waals surface area contributed by atoms with Crippen LogP contribution in [0.5, 0.6) is 11.5 Å². The van der Waals surface area contributed by atoms with Crippen molar-refractivity contribution in [2.45, 2.75) is 6.61 Å². The van der Waals surface area contributed by atoms with Crippen LogP contribution in [0.15, 0.2) is 64.3 Å². The number of oxazole rings is 1. The lowest BCUT2D eigenvalue weighted by Gasteiger charge is -2.13. The van der Waals surface area contributed by atoms with E-state index in [0.717, 1.165) is 0 Å². The lowest BCUT2D eigenvalue weighted by Crippen LogP contribution is -2.14. The van der Waals surface area contributed by atoms with E-state index < -0.39 is 16.5 Å². The van der Waals surface area contributed by atoms with Crippen LogP contribution in [0.25, 0.3) is 11.3 Å². The van der Waals surface area contributed by atoms with Crippen molar-refractivity contribution in [2.75, 3.05) is 12.4 Å². The molecule has 11 heteroatoms. The average molecular weight is 452 g/mol. The summed E-state index contributed by atoms with van der Waals surface area (Å²) in [4.78, 5) is 31.9. The summed E-state index contributed by atoms with van der Waals surface area (Å²) in [5.74, 6) is 0.175. The number of nitrogens with one attached hydrogen (secondary N) is 1. The number of hydrogen-bond acceptors (Lipinski definition) is 9. The van der Waals surface area contributed by atoms with Crippen molar-refractivity contribution in [1.29, 1.82) is 0 Å². The molecule has 0 saturated carbocycles. The number of amides is 1. The largest absolute Gasteiger partial charge is 0.493 e. The van der Waals surface area contributed by atoms with E-state index in [-0.39, 0.29) is 23.7 Å². The first-order valence-corrected chi connectivity index (χ1v) is 10.2. The van der Waals surface area contributed by atoms with E-state index in [1.54, 1.807) is 41.4 Å². The molecule has 0 aliphatic carbocycles. The fourth-order valence-electron chi connectivity index (χ4n) is 2.92. The second-order valence-corrected chi connectivity index (χ2v) is 7.17. The normalized spacial score (nSPS) is 10.5. The molecule has 2 aromatic heterocycles. The maximum Gasteiger partial charge on any atom is 0.286 e. The van der Waals surface area contributed by atoms with Crippen molar-refractivity contribution < 1.29 is 23.6 Å². The molecule has 0 radical (unpaired) electrons. The number of nitrogens with zero attached hydrogens (tertiary/aromatic N) is 3. The molecule has 0 aliphatic heterocycles. The van der Waals surface area contributed by atoms with Crippen LogP contribution in [0.2, 0.25) is 0 Å². The predicted molar refractivity (Wildman–Crippen MR) is 116 cm³/mol. The Balaban J connectivity index is 1.61. The van der Waals surface area contributed by atoms with Crippen LogP contribution >= 0.6 is 11.3 Å². The lowest BCUT2D eigenvalue weighted by atomic mass is 10.1. The summed E-state index contributed by atoms with van der Waals surface area (Å²) < 4.78 is 16.2. The summed E-state index contributed by atoms with van der Waals surface area (Å²) in [6, 6.07) is 9.29. The molecule has 1 N–H and O–H groups in total. The number of nitro benzene ring substituents is 1. The smallest absolute Gasteiger partial charge is 0.286 e. The molecular weight excluding hydrogens is 436 g/mol. The fraction of sp³-hybridized carbons (Fsp3) is 0.0952. The number of hydrogen-bond donors (Lipinski definition) is 1. The molecule has 0 saturated heterocycles. The number of methoxy groups -OCH3 is 1. The molecule has 0 atom stereocenters. The Morgan fingerprint density at radius 3 is 2.84 bits per heavy atom. The van der Waals surface area contributed by atoms with E-state index in [1.165, 1.54) is 37.0 Å². The Kier molecular flexibility index (Phi) is 6.08. The van der Waals surface area contributed by atoms with Crippen LogP contribution in [-0.2, 0) is 6.61 Å². The first kappa shape index (κ1) is 21.0. The summed E-state index contributed by atoms with van der Waals surface area (Å²) in [6.07, 6.45) is 2.84. The van der Waals surface area contributed by atoms with Crippen LogP contribution in [0, 0.1) is 10.1 Å². The summed E-state index contributed by atoms with van der Waals surface area (Å²) in [7, 11) is 1.39. The summed E-state index contributed by atoms with van der Waals surface area (Å²) in [5.41, 5.74) is 2.87. The Morgan fingerprint density at radius 2 is 2.16 bits per heavy atom. The van der Waals surface area contributed by atoms with Crippen molar-refractivity contribution >= 4 is 28.6 Å². The molecule has 1 amide bonds. The third kappa shape index (κ3) is 4.57. The highest BCUT2D eigenvalue weighted by molar-refractivity contribution is 7.07. The van der Waals surface area contributed by atoms with E-state index in [4.69, 9.17) is 13.9 Å². The van der Waals surface area contributed by atoms with Gasteiger partial charge in [-0.1, -0.05) is 12.1 Å². The first-order chi connectivity index (χ1) is 15.5. The van der Waals surface area contributed by atoms with Gasteiger partial charge in [-0.2, -0.15) is 0 Å². The van der Waals surface area contributed by atoms with Crippen molar-refractivity contribution in [3.8, 4) is 22.8 Å². The zero-order valence-electron chi connectivity index (χ0n) is 16.7. The van der Waals surface area contributed by atoms with Gasteiger partial charge in [0.25, 0.3) is 11.6 Å². The summed E-state index contributed by atoms with van der Waals surface area (Å²) in [5, 5.41) is 16.1. The minimum absolute atomic E-state index is 0.108. The highest BCUT2D eigenvalue weighted by Crippen LogP contribution is 2.36. The summed E-state index contributed by atoms with van der Waals surface area (Å²) in [6.45, 7) is 0.108. The number of thiazole rings is 1. The molecule has 2 aromatic carbocycles. The third-order valence-corrected chi connectivity index (χ3v) is 5.05. The quantitative estimate of drug-likeness (QED) is 0.304. The van der Waals surface area contributed by atoms with E-state index in [0.29, 0.717) is 22.7 Å². The van der Waals surface area contributed by atoms with Crippen LogP contribution in [0.3, 0.4) is 0 Å². The standard InChI is InChI=1S/C21H16N4O6S/c1-29-18-6-16(17(25(27)28)7-19(18)30-9-15-10-32-12-23-15)21(26)24-14-4-2-3-13(5-14)20-8-22-11-31-20/h2-8,10-12H,9H2,1H3,(H,24,26). The van der Waals surface area contributed by atoms with Crippen molar-refractivity contribution in [3.05, 3.63) is 81.3 Å². The van der Waals surface area contributed by atoms with Gasteiger partial charge in [0.1, 0.15) is 12.2 Å². The topological polar surface area (TPSA) is 130 Å². The zero-order valence-corrected chi connectivity index (χ0v) is 17.5. The van der Waals surface area contributed by atoms with Crippen molar-refractivity contribution in [3.63, 3.8) is 0 Å². The van der Waals surface area contributed by atoms with Crippen LogP contribution in [-0.4, -0.2) is 27.9 Å². The van der Waals surface area contributed by atoms with Gasteiger partial charge < -0.3 is 19.2 Å².